The van der Waals surface area contributed by atoms with Gasteiger partial charge in [0.05, 0.1) is 0 Å². The van der Waals surface area contributed by atoms with E-state index in [0.717, 1.165) is 19.1 Å². The molecule has 2 nitrogen and oxygen atoms in total. The highest BCUT2D eigenvalue weighted by molar-refractivity contribution is 4.67. The molecule has 0 aromatic heterocycles. The summed E-state index contributed by atoms with van der Waals surface area (Å²) >= 11 is 0. The van der Waals surface area contributed by atoms with Gasteiger partial charge >= 0.3 is 0 Å². The largest absolute Gasteiger partial charge is 0.385 e. The quantitative estimate of drug-likeness (QED) is 0.589. The van der Waals surface area contributed by atoms with Gasteiger partial charge in [0.15, 0.2) is 0 Å². The third-order valence-corrected chi connectivity index (χ3v) is 2.15. The van der Waals surface area contributed by atoms with Crippen LogP contribution in [0, 0.1) is 5.92 Å². The van der Waals surface area contributed by atoms with Gasteiger partial charge in [-0.3, -0.25) is 0 Å². The lowest BCUT2D eigenvalue weighted by atomic mass is 10.00. The summed E-state index contributed by atoms with van der Waals surface area (Å²) in [5.74, 6) is 0.784. The zero-order chi connectivity index (χ0) is 10.1. The van der Waals surface area contributed by atoms with Crippen LogP contribution in [-0.4, -0.2) is 26.3 Å². The first kappa shape index (κ1) is 12.9. The summed E-state index contributed by atoms with van der Waals surface area (Å²) in [6, 6.07) is 0.681. The lowest BCUT2D eigenvalue weighted by molar-refractivity contribution is 0.187. The Morgan fingerprint density at radius 3 is 2.46 bits per heavy atom. The van der Waals surface area contributed by atoms with Gasteiger partial charge < -0.3 is 10.1 Å². The molecule has 13 heavy (non-hydrogen) atoms. The number of methoxy groups -OCH3 is 1. The van der Waals surface area contributed by atoms with Crippen LogP contribution in [0.5, 0.6) is 0 Å². The Kier molecular flexibility index (Phi) is 8.46. The Morgan fingerprint density at radius 1 is 1.31 bits per heavy atom. The van der Waals surface area contributed by atoms with Crippen LogP contribution in [-0.2, 0) is 4.74 Å². The van der Waals surface area contributed by atoms with Crippen molar-refractivity contribution in [2.75, 3.05) is 20.3 Å². The molecule has 0 heterocycles. The van der Waals surface area contributed by atoms with Crippen LogP contribution in [0.25, 0.3) is 0 Å². The van der Waals surface area contributed by atoms with Crippen molar-refractivity contribution in [2.45, 2.75) is 46.1 Å². The lowest BCUT2D eigenvalue weighted by Crippen LogP contribution is -2.30. The van der Waals surface area contributed by atoms with E-state index in [4.69, 9.17) is 4.74 Å². The summed E-state index contributed by atoms with van der Waals surface area (Å²) in [6.45, 7) is 8.69. The molecule has 80 valence electrons. The van der Waals surface area contributed by atoms with Crippen molar-refractivity contribution in [2.24, 2.45) is 5.92 Å². The highest BCUT2D eigenvalue weighted by atomic mass is 16.5. The van der Waals surface area contributed by atoms with Gasteiger partial charge in [-0.2, -0.15) is 0 Å². The monoisotopic (exact) mass is 187 g/mol. The number of hydrogen-bond donors (Lipinski definition) is 1. The zero-order valence-electron chi connectivity index (χ0n) is 9.60. The molecule has 0 aliphatic rings. The van der Waals surface area contributed by atoms with Gasteiger partial charge in [0, 0.05) is 19.8 Å². The van der Waals surface area contributed by atoms with Crippen molar-refractivity contribution in [3.05, 3.63) is 0 Å². The molecule has 1 unspecified atom stereocenters. The fourth-order valence-electron chi connectivity index (χ4n) is 1.64. The molecule has 0 aromatic carbocycles. The van der Waals surface area contributed by atoms with E-state index in [-0.39, 0.29) is 0 Å². The molecule has 0 amide bonds. The summed E-state index contributed by atoms with van der Waals surface area (Å²) < 4.78 is 5.05. The van der Waals surface area contributed by atoms with E-state index in [1.807, 2.05) is 0 Å². The second-order valence-corrected chi connectivity index (χ2v) is 4.02. The molecule has 0 aromatic rings. The lowest BCUT2D eigenvalue weighted by Gasteiger charge is -2.19. The van der Waals surface area contributed by atoms with Crippen LogP contribution in [0.3, 0.4) is 0 Å². The number of nitrogens with one attached hydrogen (secondary N) is 1. The minimum absolute atomic E-state index is 0.681. The van der Waals surface area contributed by atoms with Crippen LogP contribution in [0.15, 0.2) is 0 Å². The maximum Gasteiger partial charge on any atom is 0.0462 e. The Morgan fingerprint density at radius 2 is 2.00 bits per heavy atom. The fraction of sp³-hybridized carbons (Fsp3) is 1.00. The van der Waals surface area contributed by atoms with Crippen LogP contribution in [0.1, 0.15) is 40.0 Å². The normalized spacial score (nSPS) is 13.6. The first-order chi connectivity index (χ1) is 6.20. The second-order valence-electron chi connectivity index (χ2n) is 4.02. The summed E-state index contributed by atoms with van der Waals surface area (Å²) in [6.07, 6.45) is 3.68. The Hall–Kier alpha value is -0.0800. The molecular weight excluding hydrogens is 162 g/mol. The van der Waals surface area contributed by atoms with Crippen molar-refractivity contribution in [3.8, 4) is 0 Å². The van der Waals surface area contributed by atoms with Gasteiger partial charge in [0.2, 0.25) is 0 Å². The van der Waals surface area contributed by atoms with E-state index in [1.165, 1.54) is 19.3 Å². The number of rotatable bonds is 8. The molecular formula is C11H25NO. The predicted octanol–water partition coefficient (Wildman–Crippen LogP) is 2.44. The third-order valence-electron chi connectivity index (χ3n) is 2.15. The van der Waals surface area contributed by atoms with Crippen molar-refractivity contribution in [1.82, 2.24) is 5.32 Å². The van der Waals surface area contributed by atoms with Gasteiger partial charge in [-0.05, 0) is 31.7 Å². The second kappa shape index (κ2) is 8.52. The Balaban J connectivity index is 3.53. The number of ether oxygens (including phenoxy) is 1. The van der Waals surface area contributed by atoms with Crippen molar-refractivity contribution >= 4 is 0 Å². The molecule has 0 saturated carbocycles. The van der Waals surface area contributed by atoms with Gasteiger partial charge in [-0.15, -0.1) is 0 Å². The molecule has 0 fully saturated rings. The van der Waals surface area contributed by atoms with Crippen LogP contribution < -0.4 is 5.32 Å². The van der Waals surface area contributed by atoms with E-state index in [2.05, 4.69) is 26.1 Å². The minimum atomic E-state index is 0.681. The molecule has 0 rings (SSSR count). The SMILES string of the molecule is CCNC(CCCOC)CC(C)C. The van der Waals surface area contributed by atoms with Crippen molar-refractivity contribution < 1.29 is 4.74 Å². The highest BCUT2D eigenvalue weighted by Crippen LogP contribution is 2.09. The summed E-state index contributed by atoms with van der Waals surface area (Å²) in [5.41, 5.74) is 0. The van der Waals surface area contributed by atoms with Crippen LogP contribution >= 0.6 is 0 Å². The average Bonchev–Trinajstić information content (AvgIpc) is 2.04. The van der Waals surface area contributed by atoms with Gasteiger partial charge in [0.1, 0.15) is 0 Å². The zero-order valence-corrected chi connectivity index (χ0v) is 9.60. The molecule has 0 aliphatic heterocycles. The molecule has 2 heteroatoms. The van der Waals surface area contributed by atoms with E-state index in [0.29, 0.717) is 6.04 Å². The van der Waals surface area contributed by atoms with Gasteiger partial charge in [0.25, 0.3) is 0 Å². The summed E-state index contributed by atoms with van der Waals surface area (Å²) in [4.78, 5) is 0. The molecule has 0 radical (unpaired) electrons. The standard InChI is InChI=1S/C11H25NO/c1-5-12-11(9-10(2)3)7-6-8-13-4/h10-12H,5-9H2,1-4H3. The van der Waals surface area contributed by atoms with Crippen LogP contribution in [0.2, 0.25) is 0 Å². The van der Waals surface area contributed by atoms with E-state index in [1.54, 1.807) is 7.11 Å². The van der Waals surface area contributed by atoms with E-state index in [9.17, 15) is 0 Å². The number of hydrogen-bond acceptors (Lipinski definition) is 2. The maximum absolute atomic E-state index is 5.05. The van der Waals surface area contributed by atoms with Crippen molar-refractivity contribution in [3.63, 3.8) is 0 Å². The molecule has 1 N–H and O–H groups in total. The fourth-order valence-corrected chi connectivity index (χ4v) is 1.64. The van der Waals surface area contributed by atoms with E-state index < -0.39 is 0 Å². The smallest absolute Gasteiger partial charge is 0.0462 e. The highest BCUT2D eigenvalue weighted by Gasteiger charge is 2.08. The molecule has 1 atom stereocenters. The van der Waals surface area contributed by atoms with Gasteiger partial charge in [-0.1, -0.05) is 20.8 Å². The Labute approximate surface area is 83.1 Å². The van der Waals surface area contributed by atoms with Gasteiger partial charge in [-0.25, -0.2) is 0 Å². The molecule has 0 bridgehead atoms. The Bertz CT molecular complexity index is 104. The maximum atomic E-state index is 5.05. The van der Waals surface area contributed by atoms with Crippen molar-refractivity contribution in [1.29, 1.82) is 0 Å². The van der Waals surface area contributed by atoms with E-state index >= 15 is 0 Å². The van der Waals surface area contributed by atoms with Crippen LogP contribution in [0.4, 0.5) is 0 Å². The molecule has 0 saturated heterocycles. The summed E-state index contributed by atoms with van der Waals surface area (Å²) in [7, 11) is 1.77. The molecule has 0 aliphatic carbocycles. The third kappa shape index (κ3) is 8.26. The molecule has 0 spiro atoms. The first-order valence-electron chi connectivity index (χ1n) is 5.43. The minimum Gasteiger partial charge on any atom is -0.385 e. The predicted molar refractivity (Wildman–Crippen MR) is 58.0 cm³/mol. The average molecular weight is 187 g/mol. The topological polar surface area (TPSA) is 21.3 Å². The summed E-state index contributed by atoms with van der Waals surface area (Å²) in [5, 5.41) is 3.52. The first-order valence-corrected chi connectivity index (χ1v) is 5.43.